The van der Waals surface area contributed by atoms with Crippen molar-refractivity contribution in [3.8, 4) is 6.01 Å². The molecular weight excluding hydrogens is 509 g/mol. The van der Waals surface area contributed by atoms with E-state index in [1.54, 1.807) is 24.9 Å². The van der Waals surface area contributed by atoms with E-state index >= 15 is 0 Å². The molecule has 0 N–H and O–H groups in total. The SMILES string of the molecule is C=CSCCN(C)c1nc(OC)nc2c1CCN(c1cccc3ccc(F)c(Cl)c13)C2.CN1CCCC1. The van der Waals surface area contributed by atoms with Crippen LogP contribution in [0, 0.1) is 5.82 Å². The number of methoxy groups -OCH3 is 1. The molecule has 37 heavy (non-hydrogen) atoms. The van der Waals surface area contributed by atoms with Gasteiger partial charge in [0, 0.05) is 42.5 Å². The van der Waals surface area contributed by atoms with Crippen LogP contribution in [-0.4, -0.2) is 68.0 Å². The van der Waals surface area contributed by atoms with Crippen LogP contribution >= 0.6 is 23.4 Å². The number of anilines is 2. The van der Waals surface area contributed by atoms with Crippen molar-refractivity contribution in [1.82, 2.24) is 14.9 Å². The number of thioether (sulfide) groups is 1. The monoisotopic (exact) mass is 543 g/mol. The summed E-state index contributed by atoms with van der Waals surface area (Å²) in [6.45, 7) is 8.57. The van der Waals surface area contributed by atoms with E-state index in [2.05, 4.69) is 38.3 Å². The van der Waals surface area contributed by atoms with Gasteiger partial charge >= 0.3 is 6.01 Å². The molecule has 5 rings (SSSR count). The number of benzene rings is 2. The summed E-state index contributed by atoms with van der Waals surface area (Å²) in [7, 11) is 5.78. The summed E-state index contributed by atoms with van der Waals surface area (Å²) >= 11 is 8.04. The first kappa shape index (κ1) is 27.5. The fraction of sp³-hybridized carbons (Fsp3) is 0.429. The summed E-state index contributed by atoms with van der Waals surface area (Å²) in [4.78, 5) is 16.0. The van der Waals surface area contributed by atoms with E-state index in [9.17, 15) is 4.39 Å². The van der Waals surface area contributed by atoms with Crippen LogP contribution in [0.2, 0.25) is 5.02 Å². The van der Waals surface area contributed by atoms with Crippen LogP contribution in [0.3, 0.4) is 0 Å². The number of halogens is 2. The van der Waals surface area contributed by atoms with Gasteiger partial charge in [0.2, 0.25) is 0 Å². The summed E-state index contributed by atoms with van der Waals surface area (Å²) in [5.41, 5.74) is 2.95. The summed E-state index contributed by atoms with van der Waals surface area (Å²) in [6, 6.07) is 9.42. The summed E-state index contributed by atoms with van der Waals surface area (Å²) in [6.07, 6.45) is 3.60. The molecule has 0 radical (unpaired) electrons. The number of fused-ring (bicyclic) bond motifs is 2. The third-order valence-electron chi connectivity index (χ3n) is 6.81. The Morgan fingerprint density at radius 1 is 1.19 bits per heavy atom. The molecule has 3 aromatic rings. The van der Waals surface area contributed by atoms with Crippen molar-refractivity contribution in [2.75, 3.05) is 62.9 Å². The van der Waals surface area contributed by atoms with Crippen molar-refractivity contribution in [3.63, 3.8) is 0 Å². The molecule has 2 aromatic carbocycles. The number of nitrogens with zero attached hydrogens (tertiary/aromatic N) is 5. The number of likely N-dealkylation sites (tertiary alicyclic amines) is 1. The molecule has 0 atom stereocenters. The minimum atomic E-state index is -0.413. The largest absolute Gasteiger partial charge is 0.467 e. The molecule has 198 valence electrons. The van der Waals surface area contributed by atoms with E-state index < -0.39 is 5.82 Å². The molecular formula is C28H35ClFN5OS. The van der Waals surface area contributed by atoms with Crippen molar-refractivity contribution in [3.05, 3.63) is 64.4 Å². The van der Waals surface area contributed by atoms with Crippen LogP contribution in [0.25, 0.3) is 10.8 Å². The third kappa shape index (κ3) is 6.48. The average Bonchev–Trinajstić information content (AvgIpc) is 3.40. The number of hydrogen-bond donors (Lipinski definition) is 0. The first-order valence-corrected chi connectivity index (χ1v) is 14.0. The van der Waals surface area contributed by atoms with Crippen molar-refractivity contribution >= 4 is 45.6 Å². The van der Waals surface area contributed by atoms with Crippen LogP contribution in [0.4, 0.5) is 15.9 Å². The Bertz CT molecular complexity index is 1240. The molecule has 0 saturated carbocycles. The second kappa shape index (κ2) is 12.8. The molecule has 1 saturated heterocycles. The second-order valence-corrected chi connectivity index (χ2v) is 10.8. The maximum Gasteiger partial charge on any atom is 0.318 e. The number of ether oxygens (including phenoxy) is 1. The minimum absolute atomic E-state index is 0.152. The van der Waals surface area contributed by atoms with E-state index in [0.717, 1.165) is 58.8 Å². The lowest BCUT2D eigenvalue weighted by Crippen LogP contribution is -2.34. The molecule has 0 spiro atoms. The Kier molecular flexibility index (Phi) is 9.51. The first-order chi connectivity index (χ1) is 17.9. The molecule has 3 heterocycles. The van der Waals surface area contributed by atoms with E-state index in [1.807, 2.05) is 30.7 Å². The Labute approximate surface area is 228 Å². The molecule has 2 aliphatic rings. The van der Waals surface area contributed by atoms with Gasteiger partial charge in [-0.15, -0.1) is 11.8 Å². The van der Waals surface area contributed by atoms with Crippen LogP contribution in [-0.2, 0) is 13.0 Å². The van der Waals surface area contributed by atoms with Crippen molar-refractivity contribution in [1.29, 1.82) is 0 Å². The van der Waals surface area contributed by atoms with Gasteiger partial charge in [-0.2, -0.15) is 9.97 Å². The molecule has 1 fully saturated rings. The van der Waals surface area contributed by atoms with Crippen LogP contribution in [0.15, 0.2) is 42.3 Å². The normalized spacial score (nSPS) is 15.2. The predicted octanol–water partition coefficient (Wildman–Crippen LogP) is 6.02. The van der Waals surface area contributed by atoms with Crippen LogP contribution < -0.4 is 14.5 Å². The van der Waals surface area contributed by atoms with Gasteiger partial charge in [-0.25, -0.2) is 4.39 Å². The predicted molar refractivity (Wildman–Crippen MR) is 155 cm³/mol. The topological polar surface area (TPSA) is 44.7 Å². The van der Waals surface area contributed by atoms with E-state index in [0.29, 0.717) is 12.6 Å². The standard InChI is InChI=1S/C23H24ClFN4OS.C5H11N/c1-4-31-13-12-28(2)22-16-10-11-29(14-18(16)26-23(27-22)30-3)19-7-5-6-15-8-9-17(25)21(24)20(15)19;1-6-4-2-3-5-6/h4-9H,1,10-14H2,2-3H3;2-5H2,1H3. The van der Waals surface area contributed by atoms with Crippen LogP contribution in [0.5, 0.6) is 6.01 Å². The van der Waals surface area contributed by atoms with Crippen molar-refractivity contribution in [2.24, 2.45) is 0 Å². The fourth-order valence-corrected chi connectivity index (χ4v) is 5.62. The lowest BCUT2D eigenvalue weighted by atomic mass is 10.0. The van der Waals surface area contributed by atoms with Gasteiger partial charge < -0.3 is 19.4 Å². The van der Waals surface area contributed by atoms with Gasteiger partial charge in [-0.05, 0) is 62.3 Å². The lowest BCUT2D eigenvalue weighted by Gasteiger charge is -2.33. The Balaban J connectivity index is 0.000000469. The zero-order valence-corrected chi connectivity index (χ0v) is 23.4. The van der Waals surface area contributed by atoms with E-state index in [-0.39, 0.29) is 5.02 Å². The van der Waals surface area contributed by atoms with Gasteiger partial charge in [0.1, 0.15) is 11.6 Å². The number of hydrogen-bond acceptors (Lipinski definition) is 7. The highest BCUT2D eigenvalue weighted by molar-refractivity contribution is 8.02. The average molecular weight is 544 g/mol. The maximum atomic E-state index is 14.2. The highest BCUT2D eigenvalue weighted by Crippen LogP contribution is 2.37. The van der Waals surface area contributed by atoms with Gasteiger partial charge in [0.25, 0.3) is 0 Å². The minimum Gasteiger partial charge on any atom is -0.467 e. The Hall–Kier alpha value is -2.55. The summed E-state index contributed by atoms with van der Waals surface area (Å²) in [5.74, 6) is 1.41. The molecule has 9 heteroatoms. The fourth-order valence-electron chi connectivity index (χ4n) is 4.81. The third-order valence-corrected chi connectivity index (χ3v) is 7.84. The quantitative estimate of drug-likeness (QED) is 0.338. The van der Waals surface area contributed by atoms with Crippen molar-refractivity contribution < 1.29 is 9.13 Å². The smallest absolute Gasteiger partial charge is 0.318 e. The zero-order valence-electron chi connectivity index (χ0n) is 21.8. The summed E-state index contributed by atoms with van der Waals surface area (Å²) < 4.78 is 19.6. The van der Waals surface area contributed by atoms with Crippen molar-refractivity contribution in [2.45, 2.75) is 25.8 Å². The lowest BCUT2D eigenvalue weighted by molar-refractivity contribution is 0.376. The van der Waals surface area contributed by atoms with Gasteiger partial charge in [-0.1, -0.05) is 36.4 Å². The van der Waals surface area contributed by atoms with E-state index in [4.69, 9.17) is 16.3 Å². The second-order valence-electron chi connectivity index (χ2n) is 9.34. The highest BCUT2D eigenvalue weighted by atomic mass is 35.5. The van der Waals surface area contributed by atoms with Gasteiger partial charge in [0.05, 0.1) is 24.4 Å². The first-order valence-electron chi connectivity index (χ1n) is 12.6. The Morgan fingerprint density at radius 2 is 1.97 bits per heavy atom. The number of rotatable bonds is 7. The summed E-state index contributed by atoms with van der Waals surface area (Å²) in [5, 5.41) is 3.64. The molecule has 0 unspecified atom stereocenters. The molecule has 2 aliphatic heterocycles. The highest BCUT2D eigenvalue weighted by Gasteiger charge is 2.26. The number of aromatic nitrogens is 2. The van der Waals surface area contributed by atoms with Gasteiger partial charge in [-0.3, -0.25) is 0 Å². The van der Waals surface area contributed by atoms with E-state index in [1.165, 1.54) is 32.0 Å². The molecule has 0 bridgehead atoms. The molecule has 0 aliphatic carbocycles. The Morgan fingerprint density at radius 3 is 2.65 bits per heavy atom. The maximum absolute atomic E-state index is 14.2. The van der Waals surface area contributed by atoms with Gasteiger partial charge in [0.15, 0.2) is 0 Å². The molecule has 0 amide bonds. The van der Waals surface area contributed by atoms with Crippen LogP contribution in [0.1, 0.15) is 24.1 Å². The molecule has 1 aromatic heterocycles. The molecule has 6 nitrogen and oxygen atoms in total. The zero-order chi connectivity index (χ0) is 26.4.